The second-order valence-corrected chi connectivity index (χ2v) is 8.07. The molecule has 0 bridgehead atoms. The SMILES string of the molecule is O=C(NCC1CCCO1)Nc1ccc(NC(=O)c2ccc(Br)s2)cc1. The fourth-order valence-electron chi connectivity index (χ4n) is 2.45. The summed E-state index contributed by atoms with van der Waals surface area (Å²) in [6, 6.07) is 10.3. The van der Waals surface area contributed by atoms with Crippen molar-refractivity contribution in [3.8, 4) is 0 Å². The number of ether oxygens (including phenoxy) is 1. The Labute approximate surface area is 158 Å². The van der Waals surface area contributed by atoms with Crippen molar-refractivity contribution in [3.05, 3.63) is 45.1 Å². The third-order valence-electron chi connectivity index (χ3n) is 3.71. The Balaban J connectivity index is 1.48. The van der Waals surface area contributed by atoms with Gasteiger partial charge in [-0.25, -0.2) is 4.79 Å². The number of anilines is 2. The molecule has 0 spiro atoms. The van der Waals surface area contributed by atoms with Gasteiger partial charge in [-0.2, -0.15) is 0 Å². The molecule has 1 aromatic carbocycles. The first-order valence-electron chi connectivity index (χ1n) is 7.93. The Morgan fingerprint density at radius 1 is 1.12 bits per heavy atom. The van der Waals surface area contributed by atoms with E-state index >= 15 is 0 Å². The molecule has 1 fully saturated rings. The van der Waals surface area contributed by atoms with Gasteiger partial charge >= 0.3 is 6.03 Å². The highest BCUT2D eigenvalue weighted by atomic mass is 79.9. The number of benzene rings is 1. The maximum Gasteiger partial charge on any atom is 0.319 e. The van der Waals surface area contributed by atoms with Gasteiger partial charge in [0.15, 0.2) is 0 Å². The summed E-state index contributed by atoms with van der Waals surface area (Å²) in [5.41, 5.74) is 1.32. The lowest BCUT2D eigenvalue weighted by atomic mass is 10.2. The van der Waals surface area contributed by atoms with Crippen LogP contribution in [0, 0.1) is 0 Å². The summed E-state index contributed by atoms with van der Waals surface area (Å²) in [6.45, 7) is 1.28. The molecule has 2 heterocycles. The lowest BCUT2D eigenvalue weighted by molar-refractivity contribution is 0.103. The van der Waals surface area contributed by atoms with Gasteiger partial charge in [0, 0.05) is 24.5 Å². The van der Waals surface area contributed by atoms with Crippen LogP contribution in [-0.2, 0) is 4.74 Å². The zero-order chi connectivity index (χ0) is 17.6. The van der Waals surface area contributed by atoms with E-state index in [1.54, 1.807) is 30.3 Å². The van der Waals surface area contributed by atoms with Crippen molar-refractivity contribution in [3.63, 3.8) is 0 Å². The highest BCUT2D eigenvalue weighted by molar-refractivity contribution is 9.11. The van der Waals surface area contributed by atoms with Crippen LogP contribution in [0.15, 0.2) is 40.2 Å². The monoisotopic (exact) mass is 423 g/mol. The Morgan fingerprint density at radius 3 is 2.44 bits per heavy atom. The van der Waals surface area contributed by atoms with Gasteiger partial charge in [0.05, 0.1) is 14.8 Å². The largest absolute Gasteiger partial charge is 0.376 e. The number of thiophene rings is 1. The lowest BCUT2D eigenvalue weighted by Gasteiger charge is -2.12. The van der Waals surface area contributed by atoms with Gasteiger partial charge in [0.1, 0.15) is 0 Å². The highest BCUT2D eigenvalue weighted by Gasteiger charge is 2.16. The van der Waals surface area contributed by atoms with Gasteiger partial charge in [0.2, 0.25) is 0 Å². The normalized spacial score (nSPS) is 16.4. The predicted molar refractivity (Wildman–Crippen MR) is 102 cm³/mol. The van der Waals surface area contributed by atoms with Crippen molar-refractivity contribution in [2.75, 3.05) is 23.8 Å². The number of carbonyl (C=O) groups excluding carboxylic acids is 2. The van der Waals surface area contributed by atoms with E-state index in [0.29, 0.717) is 22.8 Å². The fraction of sp³-hybridized carbons (Fsp3) is 0.294. The maximum absolute atomic E-state index is 12.1. The minimum absolute atomic E-state index is 0.112. The van der Waals surface area contributed by atoms with Crippen LogP contribution in [-0.4, -0.2) is 31.2 Å². The molecule has 3 amide bonds. The minimum Gasteiger partial charge on any atom is -0.376 e. The topological polar surface area (TPSA) is 79.5 Å². The summed E-state index contributed by atoms with van der Waals surface area (Å²) in [5, 5.41) is 8.37. The van der Waals surface area contributed by atoms with Crippen LogP contribution >= 0.6 is 27.3 Å². The van der Waals surface area contributed by atoms with Crippen LogP contribution in [0.5, 0.6) is 0 Å². The van der Waals surface area contributed by atoms with Crippen molar-refractivity contribution in [1.29, 1.82) is 0 Å². The summed E-state index contributed by atoms with van der Waals surface area (Å²) in [5.74, 6) is -0.161. The van der Waals surface area contributed by atoms with Gasteiger partial charge in [-0.15, -0.1) is 11.3 Å². The molecule has 1 atom stereocenters. The molecule has 0 radical (unpaired) electrons. The number of halogens is 1. The van der Waals surface area contributed by atoms with Crippen LogP contribution < -0.4 is 16.0 Å². The molecule has 3 N–H and O–H groups in total. The second-order valence-electron chi connectivity index (χ2n) is 5.61. The van der Waals surface area contributed by atoms with Crippen LogP contribution in [0.1, 0.15) is 22.5 Å². The number of carbonyl (C=O) groups is 2. The molecule has 1 aromatic heterocycles. The van der Waals surface area contributed by atoms with Gasteiger partial charge in [-0.3, -0.25) is 4.79 Å². The Morgan fingerprint density at radius 2 is 1.84 bits per heavy atom. The number of nitrogens with one attached hydrogen (secondary N) is 3. The first-order valence-corrected chi connectivity index (χ1v) is 9.54. The molecule has 1 aliphatic rings. The van der Waals surface area contributed by atoms with E-state index in [4.69, 9.17) is 4.74 Å². The van der Waals surface area contributed by atoms with E-state index in [1.807, 2.05) is 6.07 Å². The molecule has 132 valence electrons. The van der Waals surface area contributed by atoms with E-state index in [9.17, 15) is 9.59 Å². The predicted octanol–water partition coefficient (Wildman–Crippen LogP) is 4.06. The molecular formula is C17H18BrN3O3S. The number of hydrogen-bond donors (Lipinski definition) is 3. The Kier molecular flexibility index (Phi) is 6.06. The van der Waals surface area contributed by atoms with E-state index in [0.717, 1.165) is 23.2 Å². The molecule has 1 unspecified atom stereocenters. The molecule has 0 saturated carbocycles. The van der Waals surface area contributed by atoms with E-state index in [1.165, 1.54) is 11.3 Å². The average molecular weight is 424 g/mol. The molecule has 8 heteroatoms. The summed E-state index contributed by atoms with van der Waals surface area (Å²) in [6.07, 6.45) is 2.14. The summed E-state index contributed by atoms with van der Waals surface area (Å²) >= 11 is 4.71. The van der Waals surface area contributed by atoms with Crippen molar-refractivity contribution in [2.45, 2.75) is 18.9 Å². The molecule has 6 nitrogen and oxygen atoms in total. The van der Waals surface area contributed by atoms with Crippen LogP contribution in [0.4, 0.5) is 16.2 Å². The average Bonchev–Trinajstić information content (AvgIpc) is 3.26. The van der Waals surface area contributed by atoms with Crippen molar-refractivity contribution >= 4 is 50.6 Å². The standard InChI is InChI=1S/C17H18BrN3O3S/c18-15-8-7-14(25-15)16(22)20-11-3-5-12(6-4-11)21-17(23)19-10-13-2-1-9-24-13/h3-8,13H,1-2,9-10H2,(H,20,22)(H2,19,21,23). The van der Waals surface area contributed by atoms with Gasteiger partial charge in [0.25, 0.3) is 5.91 Å². The first kappa shape index (κ1) is 17.9. The third kappa shape index (κ3) is 5.29. The second kappa shape index (κ2) is 8.46. The highest BCUT2D eigenvalue weighted by Crippen LogP contribution is 2.23. The van der Waals surface area contributed by atoms with E-state index in [2.05, 4.69) is 31.9 Å². The van der Waals surface area contributed by atoms with Gasteiger partial charge in [-0.1, -0.05) is 0 Å². The molecule has 25 heavy (non-hydrogen) atoms. The molecule has 1 aliphatic heterocycles. The Bertz CT molecular complexity index is 742. The summed E-state index contributed by atoms with van der Waals surface area (Å²) in [4.78, 5) is 24.6. The first-order chi connectivity index (χ1) is 12.1. The van der Waals surface area contributed by atoms with E-state index in [-0.39, 0.29) is 18.0 Å². The zero-order valence-electron chi connectivity index (χ0n) is 13.4. The lowest BCUT2D eigenvalue weighted by Crippen LogP contribution is -2.35. The van der Waals surface area contributed by atoms with Crippen molar-refractivity contribution in [2.24, 2.45) is 0 Å². The number of urea groups is 1. The quantitative estimate of drug-likeness (QED) is 0.677. The molecule has 1 saturated heterocycles. The maximum atomic E-state index is 12.1. The Hall–Kier alpha value is -1.90. The smallest absolute Gasteiger partial charge is 0.319 e. The zero-order valence-corrected chi connectivity index (χ0v) is 15.8. The van der Waals surface area contributed by atoms with Crippen LogP contribution in [0.25, 0.3) is 0 Å². The van der Waals surface area contributed by atoms with E-state index < -0.39 is 0 Å². The van der Waals surface area contributed by atoms with Crippen LogP contribution in [0.2, 0.25) is 0 Å². The summed E-state index contributed by atoms with van der Waals surface area (Å²) < 4.78 is 6.37. The van der Waals surface area contributed by atoms with Gasteiger partial charge < -0.3 is 20.7 Å². The molecule has 2 aromatic rings. The summed E-state index contributed by atoms with van der Waals surface area (Å²) in [7, 11) is 0. The molecular weight excluding hydrogens is 406 g/mol. The molecule has 3 rings (SSSR count). The van der Waals surface area contributed by atoms with Crippen molar-refractivity contribution in [1.82, 2.24) is 5.32 Å². The number of hydrogen-bond acceptors (Lipinski definition) is 4. The van der Waals surface area contributed by atoms with Crippen LogP contribution in [0.3, 0.4) is 0 Å². The minimum atomic E-state index is -0.268. The number of amides is 3. The van der Waals surface area contributed by atoms with Gasteiger partial charge in [-0.05, 0) is 65.2 Å². The fourth-order valence-corrected chi connectivity index (χ4v) is 3.73. The number of rotatable bonds is 5. The van der Waals surface area contributed by atoms with Crippen molar-refractivity contribution < 1.29 is 14.3 Å². The third-order valence-corrected chi connectivity index (χ3v) is 5.33. The molecule has 0 aliphatic carbocycles.